The molecule has 1 aromatic carbocycles. The molecule has 1 aromatic heterocycles. The third-order valence-corrected chi connectivity index (χ3v) is 5.86. The third-order valence-electron chi connectivity index (χ3n) is 4.80. The summed E-state index contributed by atoms with van der Waals surface area (Å²) in [5, 5.41) is -0.0672. The zero-order chi connectivity index (χ0) is 24.1. The van der Waals surface area contributed by atoms with E-state index in [-0.39, 0.29) is 35.3 Å². The molecule has 0 bridgehead atoms. The molecule has 0 atom stereocenters. The highest BCUT2D eigenvalue weighted by Crippen LogP contribution is 2.57. The molecular formula is C21H20ClF3N4O3S. The lowest BCUT2D eigenvalue weighted by Gasteiger charge is -2.19. The number of aliphatic imine (C=N–C) groups is 1. The van der Waals surface area contributed by atoms with E-state index < -0.39 is 24.1 Å². The van der Waals surface area contributed by atoms with Gasteiger partial charge in [-0.05, 0) is 55.1 Å². The van der Waals surface area contributed by atoms with Gasteiger partial charge in [0.15, 0.2) is 11.7 Å². The van der Waals surface area contributed by atoms with Gasteiger partial charge in [0.25, 0.3) is 5.91 Å². The molecule has 176 valence electrons. The van der Waals surface area contributed by atoms with Gasteiger partial charge >= 0.3 is 6.18 Å². The summed E-state index contributed by atoms with van der Waals surface area (Å²) in [5.74, 6) is 0.177. The molecule has 12 heteroatoms. The zero-order valence-electron chi connectivity index (χ0n) is 17.4. The van der Waals surface area contributed by atoms with Gasteiger partial charge in [0, 0.05) is 17.2 Å². The van der Waals surface area contributed by atoms with Crippen LogP contribution in [0, 0.1) is 5.41 Å². The van der Waals surface area contributed by atoms with Crippen LogP contribution < -0.4 is 15.2 Å². The zero-order valence-corrected chi connectivity index (χ0v) is 18.9. The molecular weight excluding hydrogens is 481 g/mol. The lowest BCUT2D eigenvalue weighted by Crippen LogP contribution is -2.29. The van der Waals surface area contributed by atoms with Gasteiger partial charge in [-0.15, -0.1) is 0 Å². The Balaban J connectivity index is 1.54. The number of methoxy groups -OCH3 is 1. The number of carbonyl (C=O) groups excluding carboxylic acids is 1. The number of amides is 1. The van der Waals surface area contributed by atoms with Crippen LogP contribution in [0.3, 0.4) is 0 Å². The summed E-state index contributed by atoms with van der Waals surface area (Å²) < 4.78 is 51.5. The summed E-state index contributed by atoms with van der Waals surface area (Å²) in [6.07, 6.45) is -1.83. The maximum absolute atomic E-state index is 12.9. The molecule has 0 unspecified atom stereocenters. The Morgan fingerprint density at radius 3 is 2.76 bits per heavy atom. The van der Waals surface area contributed by atoms with E-state index in [2.05, 4.69) is 14.7 Å². The molecule has 0 spiro atoms. The number of nitrogens with zero attached hydrogens (tertiary/aromatic N) is 2. The van der Waals surface area contributed by atoms with E-state index in [9.17, 15) is 18.0 Å². The normalized spacial score (nSPS) is 15.4. The fraction of sp³-hybridized carbons (Fsp3) is 0.286. The van der Waals surface area contributed by atoms with Crippen molar-refractivity contribution in [2.75, 3.05) is 13.7 Å². The highest BCUT2D eigenvalue weighted by atomic mass is 35.5. The first-order valence-corrected chi connectivity index (χ1v) is 10.8. The van der Waals surface area contributed by atoms with Gasteiger partial charge < -0.3 is 15.2 Å². The summed E-state index contributed by atoms with van der Waals surface area (Å²) in [5.41, 5.74) is 3.92. The number of ether oxygens (including phenoxy) is 2. The van der Waals surface area contributed by atoms with E-state index in [1.54, 1.807) is 25.3 Å². The molecule has 3 N–H and O–H groups in total. The van der Waals surface area contributed by atoms with E-state index in [4.69, 9.17) is 26.8 Å². The molecule has 0 radical (unpaired) electrons. The number of nitrogens with two attached hydrogens (primary N) is 1. The highest BCUT2D eigenvalue weighted by Gasteiger charge is 2.63. The van der Waals surface area contributed by atoms with Crippen LogP contribution in [-0.4, -0.2) is 37.0 Å². The van der Waals surface area contributed by atoms with E-state index >= 15 is 0 Å². The number of hydrogen-bond acceptors (Lipinski definition) is 7. The van der Waals surface area contributed by atoms with Gasteiger partial charge in [-0.2, -0.15) is 13.2 Å². The van der Waals surface area contributed by atoms with Crippen molar-refractivity contribution in [3.05, 3.63) is 59.1 Å². The van der Waals surface area contributed by atoms with E-state index in [0.29, 0.717) is 5.75 Å². The number of rotatable bonds is 9. The Labute approximate surface area is 197 Å². The first kappa shape index (κ1) is 24.7. The van der Waals surface area contributed by atoms with Crippen LogP contribution in [0.15, 0.2) is 58.2 Å². The van der Waals surface area contributed by atoms with Crippen molar-refractivity contribution < 1.29 is 27.4 Å². The van der Waals surface area contributed by atoms with Crippen LogP contribution in [0.5, 0.6) is 5.75 Å². The van der Waals surface area contributed by atoms with Crippen LogP contribution in [0.4, 0.5) is 19.0 Å². The third kappa shape index (κ3) is 6.55. The minimum atomic E-state index is -4.32. The number of pyridine rings is 1. The SMILES string of the molecule is COc1cccc(SNC(=O)c2ccc(N=CC=C(N)OCC3(C(F)(F)F)CC3)nc2Cl)c1. The maximum atomic E-state index is 12.9. The molecule has 0 saturated heterocycles. The van der Waals surface area contributed by atoms with Crippen molar-refractivity contribution in [1.29, 1.82) is 0 Å². The highest BCUT2D eigenvalue weighted by molar-refractivity contribution is 7.98. The van der Waals surface area contributed by atoms with Crippen LogP contribution in [0.2, 0.25) is 5.15 Å². The second-order valence-electron chi connectivity index (χ2n) is 7.13. The minimum absolute atomic E-state index is 0.0261. The van der Waals surface area contributed by atoms with Gasteiger partial charge in [0.2, 0.25) is 0 Å². The topological polar surface area (TPSA) is 98.8 Å². The number of carbonyl (C=O) groups is 1. The summed E-state index contributed by atoms with van der Waals surface area (Å²) >= 11 is 7.19. The number of benzene rings is 1. The number of allylic oxidation sites excluding steroid dienone is 1. The van der Waals surface area contributed by atoms with Crippen molar-refractivity contribution in [3.8, 4) is 5.75 Å². The van der Waals surface area contributed by atoms with Gasteiger partial charge in [0.05, 0.1) is 12.7 Å². The van der Waals surface area contributed by atoms with Gasteiger partial charge in [-0.3, -0.25) is 9.52 Å². The number of hydrogen-bond donors (Lipinski definition) is 2. The molecule has 0 aliphatic heterocycles. The number of halogens is 4. The fourth-order valence-corrected chi connectivity index (χ4v) is 3.49. The van der Waals surface area contributed by atoms with Gasteiger partial charge in [-0.1, -0.05) is 17.7 Å². The molecule has 1 fully saturated rings. The first-order valence-electron chi connectivity index (χ1n) is 9.61. The summed E-state index contributed by atoms with van der Waals surface area (Å²) in [4.78, 5) is 21.2. The summed E-state index contributed by atoms with van der Waals surface area (Å²) in [7, 11) is 1.55. The Hall–Kier alpha value is -2.92. The Morgan fingerprint density at radius 1 is 1.36 bits per heavy atom. The molecule has 1 aliphatic carbocycles. The van der Waals surface area contributed by atoms with Crippen molar-refractivity contribution in [3.63, 3.8) is 0 Å². The van der Waals surface area contributed by atoms with Crippen molar-refractivity contribution in [2.24, 2.45) is 16.1 Å². The van der Waals surface area contributed by atoms with Crippen LogP contribution in [-0.2, 0) is 4.74 Å². The molecule has 1 saturated carbocycles. The van der Waals surface area contributed by atoms with Crippen molar-refractivity contribution >= 4 is 41.5 Å². The lowest BCUT2D eigenvalue weighted by molar-refractivity contribution is -0.198. The van der Waals surface area contributed by atoms with Gasteiger partial charge in [0.1, 0.15) is 22.9 Å². The first-order chi connectivity index (χ1) is 15.6. The maximum Gasteiger partial charge on any atom is 0.397 e. The molecule has 1 amide bonds. The largest absolute Gasteiger partial charge is 0.497 e. The molecule has 2 aromatic rings. The van der Waals surface area contributed by atoms with E-state index in [1.165, 1.54) is 24.4 Å². The van der Waals surface area contributed by atoms with E-state index in [0.717, 1.165) is 16.8 Å². The van der Waals surface area contributed by atoms with Crippen LogP contribution in [0.25, 0.3) is 0 Å². The molecule has 7 nitrogen and oxygen atoms in total. The molecule has 1 heterocycles. The minimum Gasteiger partial charge on any atom is -0.497 e. The Bertz CT molecular complexity index is 1070. The summed E-state index contributed by atoms with van der Waals surface area (Å²) in [6.45, 7) is -0.533. The quantitative estimate of drug-likeness (QED) is 0.216. The van der Waals surface area contributed by atoms with Crippen molar-refractivity contribution in [2.45, 2.75) is 23.9 Å². The number of alkyl halides is 3. The van der Waals surface area contributed by atoms with Gasteiger partial charge in [-0.25, -0.2) is 9.98 Å². The average Bonchev–Trinajstić information content (AvgIpc) is 3.58. The second-order valence-corrected chi connectivity index (χ2v) is 8.37. The molecule has 33 heavy (non-hydrogen) atoms. The van der Waals surface area contributed by atoms with Crippen LogP contribution in [0.1, 0.15) is 23.2 Å². The van der Waals surface area contributed by atoms with E-state index in [1.807, 2.05) is 6.07 Å². The second kappa shape index (κ2) is 10.3. The monoisotopic (exact) mass is 500 g/mol. The number of aromatic nitrogens is 1. The Morgan fingerprint density at radius 2 is 2.12 bits per heavy atom. The number of nitrogens with one attached hydrogen (secondary N) is 1. The lowest BCUT2D eigenvalue weighted by atomic mass is 10.1. The smallest absolute Gasteiger partial charge is 0.397 e. The molecule has 1 aliphatic rings. The standard InChI is InChI=1S/C21H20ClF3N4O3S/c1-31-13-3-2-4-14(11-13)33-29-19(30)15-5-6-17(28-18(15)22)27-10-7-16(26)32-12-20(8-9-20)21(23,24)25/h2-7,10-11H,8-9,12,26H2,1H3,(H,29,30). The molecule has 3 rings (SSSR count). The average molecular weight is 501 g/mol. The predicted molar refractivity (Wildman–Crippen MR) is 120 cm³/mol. The Kier molecular flexibility index (Phi) is 7.75. The predicted octanol–water partition coefficient (Wildman–Crippen LogP) is 5.04. The summed E-state index contributed by atoms with van der Waals surface area (Å²) in [6, 6.07) is 10.1. The fourth-order valence-electron chi connectivity index (χ4n) is 2.61. The van der Waals surface area contributed by atoms with Crippen molar-refractivity contribution in [1.82, 2.24) is 9.71 Å². The van der Waals surface area contributed by atoms with Crippen LogP contribution >= 0.6 is 23.5 Å².